The molecular formula is C11H16. The fourth-order valence-electron chi connectivity index (χ4n) is 1.25. The first-order chi connectivity index (χ1) is 5.24. The molecule has 60 valence electrons. The number of rotatable bonds is 1. The van der Waals surface area contributed by atoms with E-state index in [9.17, 15) is 0 Å². The first-order valence-corrected chi connectivity index (χ1v) is 4.26. The van der Waals surface area contributed by atoms with Crippen molar-refractivity contribution in [3.8, 4) is 0 Å². The summed E-state index contributed by atoms with van der Waals surface area (Å²) in [6, 6.07) is 0. The van der Waals surface area contributed by atoms with Gasteiger partial charge in [-0.1, -0.05) is 41.9 Å². The van der Waals surface area contributed by atoms with Crippen LogP contribution in [0.1, 0.15) is 33.6 Å². The van der Waals surface area contributed by atoms with Gasteiger partial charge in [-0.05, 0) is 26.7 Å². The van der Waals surface area contributed by atoms with Gasteiger partial charge < -0.3 is 0 Å². The minimum atomic E-state index is 1.16. The Labute approximate surface area is 69.3 Å². The molecule has 0 aliphatic heterocycles. The molecule has 0 unspecified atom stereocenters. The maximum Gasteiger partial charge on any atom is -0.0102 e. The maximum absolute atomic E-state index is 2.24. The van der Waals surface area contributed by atoms with Crippen molar-refractivity contribution in [3.63, 3.8) is 0 Å². The molecule has 0 aromatic heterocycles. The van der Waals surface area contributed by atoms with E-state index in [0.29, 0.717) is 0 Å². The lowest BCUT2D eigenvalue weighted by molar-refractivity contribution is 0.985. The van der Waals surface area contributed by atoms with Gasteiger partial charge in [0, 0.05) is 0 Å². The van der Waals surface area contributed by atoms with E-state index >= 15 is 0 Å². The van der Waals surface area contributed by atoms with Crippen molar-refractivity contribution in [2.45, 2.75) is 33.6 Å². The monoisotopic (exact) mass is 148 g/mol. The predicted molar refractivity (Wildman–Crippen MR) is 50.5 cm³/mol. The van der Waals surface area contributed by atoms with E-state index in [1.165, 1.54) is 23.1 Å². The Morgan fingerprint density at radius 3 is 2.73 bits per heavy atom. The molecule has 0 N–H and O–H groups in total. The van der Waals surface area contributed by atoms with E-state index < -0.39 is 0 Å². The van der Waals surface area contributed by atoms with Crippen LogP contribution in [0.15, 0.2) is 34.9 Å². The second kappa shape index (κ2) is 3.56. The van der Waals surface area contributed by atoms with Crippen LogP contribution in [0.4, 0.5) is 0 Å². The summed E-state index contributed by atoms with van der Waals surface area (Å²) in [5, 5.41) is 0. The molecule has 0 spiro atoms. The molecule has 0 aromatic carbocycles. The van der Waals surface area contributed by atoms with Crippen molar-refractivity contribution in [2.24, 2.45) is 0 Å². The zero-order chi connectivity index (χ0) is 8.27. The third-order valence-corrected chi connectivity index (χ3v) is 2.30. The third-order valence-electron chi connectivity index (χ3n) is 2.30. The minimum absolute atomic E-state index is 1.16. The lowest BCUT2D eigenvalue weighted by Gasteiger charge is -2.03. The lowest BCUT2D eigenvalue weighted by Crippen LogP contribution is -1.83. The van der Waals surface area contributed by atoms with Gasteiger partial charge in [0.15, 0.2) is 0 Å². The van der Waals surface area contributed by atoms with Gasteiger partial charge in [-0.15, -0.1) is 0 Å². The van der Waals surface area contributed by atoms with E-state index in [2.05, 4.69) is 39.0 Å². The van der Waals surface area contributed by atoms with Crippen molar-refractivity contribution in [1.29, 1.82) is 0 Å². The average Bonchev–Trinajstić information content (AvgIpc) is 2.15. The Bertz CT molecular complexity index is 226. The largest absolute Gasteiger partial charge is 0.0664 e. The molecule has 1 aliphatic rings. The summed E-state index contributed by atoms with van der Waals surface area (Å²) < 4.78 is 0. The van der Waals surface area contributed by atoms with E-state index in [1.54, 1.807) is 0 Å². The molecule has 0 heterocycles. The van der Waals surface area contributed by atoms with Crippen molar-refractivity contribution in [3.05, 3.63) is 34.9 Å². The summed E-state index contributed by atoms with van der Waals surface area (Å²) in [4.78, 5) is 0. The van der Waals surface area contributed by atoms with Gasteiger partial charge >= 0.3 is 0 Å². The van der Waals surface area contributed by atoms with Crippen LogP contribution in [0, 0.1) is 0 Å². The molecule has 1 aliphatic carbocycles. The second-order valence-electron chi connectivity index (χ2n) is 3.18. The SMILES string of the molecule is CCC1=CC=CC(C)=C(C)C1. The van der Waals surface area contributed by atoms with Crippen LogP contribution in [0.5, 0.6) is 0 Å². The molecule has 0 fully saturated rings. The smallest absolute Gasteiger partial charge is 0.0102 e. The van der Waals surface area contributed by atoms with Crippen molar-refractivity contribution in [1.82, 2.24) is 0 Å². The number of hydrogen-bond donors (Lipinski definition) is 0. The Balaban J connectivity index is 2.84. The lowest BCUT2D eigenvalue weighted by atomic mass is 10.0. The average molecular weight is 148 g/mol. The zero-order valence-corrected chi connectivity index (χ0v) is 7.65. The van der Waals surface area contributed by atoms with Gasteiger partial charge in [0.25, 0.3) is 0 Å². The van der Waals surface area contributed by atoms with Crippen LogP contribution in [0.25, 0.3) is 0 Å². The highest BCUT2D eigenvalue weighted by atomic mass is 14.1. The molecule has 0 atom stereocenters. The van der Waals surface area contributed by atoms with Crippen LogP contribution >= 0.6 is 0 Å². The molecule has 0 bridgehead atoms. The summed E-state index contributed by atoms with van der Waals surface area (Å²) in [6.07, 6.45) is 8.92. The van der Waals surface area contributed by atoms with Crippen molar-refractivity contribution >= 4 is 0 Å². The summed E-state index contributed by atoms with van der Waals surface area (Å²) in [7, 11) is 0. The van der Waals surface area contributed by atoms with Crippen LogP contribution in [0.2, 0.25) is 0 Å². The Morgan fingerprint density at radius 1 is 1.36 bits per heavy atom. The van der Waals surface area contributed by atoms with Gasteiger partial charge in [-0.25, -0.2) is 0 Å². The summed E-state index contributed by atoms with van der Waals surface area (Å²) in [5.41, 5.74) is 4.46. The summed E-state index contributed by atoms with van der Waals surface area (Å²) in [5.74, 6) is 0. The summed E-state index contributed by atoms with van der Waals surface area (Å²) >= 11 is 0. The number of allylic oxidation sites excluding steroid dienone is 6. The summed E-state index contributed by atoms with van der Waals surface area (Å²) in [6.45, 7) is 6.61. The molecule has 11 heavy (non-hydrogen) atoms. The zero-order valence-electron chi connectivity index (χ0n) is 7.65. The van der Waals surface area contributed by atoms with Crippen LogP contribution in [-0.2, 0) is 0 Å². The second-order valence-corrected chi connectivity index (χ2v) is 3.18. The van der Waals surface area contributed by atoms with E-state index in [4.69, 9.17) is 0 Å². The first kappa shape index (κ1) is 8.32. The fraction of sp³-hybridized carbons (Fsp3) is 0.455. The highest BCUT2D eigenvalue weighted by Crippen LogP contribution is 2.20. The molecule has 0 heteroatoms. The van der Waals surface area contributed by atoms with Gasteiger partial charge in [-0.2, -0.15) is 0 Å². The van der Waals surface area contributed by atoms with E-state index in [1.807, 2.05) is 0 Å². The van der Waals surface area contributed by atoms with Crippen molar-refractivity contribution < 1.29 is 0 Å². The molecule has 0 aromatic rings. The van der Waals surface area contributed by atoms with Gasteiger partial charge in [0.05, 0.1) is 0 Å². The van der Waals surface area contributed by atoms with Crippen LogP contribution in [0.3, 0.4) is 0 Å². The maximum atomic E-state index is 2.24. The van der Waals surface area contributed by atoms with Crippen LogP contribution in [-0.4, -0.2) is 0 Å². The first-order valence-electron chi connectivity index (χ1n) is 4.26. The highest BCUT2D eigenvalue weighted by molar-refractivity contribution is 5.33. The quantitative estimate of drug-likeness (QED) is 0.532. The van der Waals surface area contributed by atoms with Crippen LogP contribution < -0.4 is 0 Å². The topological polar surface area (TPSA) is 0 Å². The van der Waals surface area contributed by atoms with Gasteiger partial charge in [0.1, 0.15) is 0 Å². The van der Waals surface area contributed by atoms with Gasteiger partial charge in [-0.3, -0.25) is 0 Å². The molecule has 1 rings (SSSR count). The third kappa shape index (κ3) is 2.07. The van der Waals surface area contributed by atoms with Gasteiger partial charge in [0.2, 0.25) is 0 Å². The highest BCUT2D eigenvalue weighted by Gasteiger charge is 2.00. The Hall–Kier alpha value is -0.780. The standard InChI is InChI=1S/C11H16/c1-4-11-7-5-6-9(2)10(3)8-11/h5-7H,4,8H2,1-3H3. The number of hydrogen-bond acceptors (Lipinski definition) is 0. The molecule has 0 saturated heterocycles. The molecule has 0 radical (unpaired) electrons. The Kier molecular flexibility index (Phi) is 2.70. The predicted octanol–water partition coefficient (Wildman–Crippen LogP) is 3.62. The molecular weight excluding hydrogens is 132 g/mol. The molecule has 0 nitrogen and oxygen atoms in total. The molecule has 0 saturated carbocycles. The van der Waals surface area contributed by atoms with E-state index in [-0.39, 0.29) is 0 Å². The Morgan fingerprint density at radius 2 is 2.09 bits per heavy atom. The normalized spacial score (nSPS) is 18.3. The fourth-order valence-corrected chi connectivity index (χ4v) is 1.25. The van der Waals surface area contributed by atoms with E-state index in [0.717, 1.165) is 6.42 Å². The molecule has 0 amide bonds. The minimum Gasteiger partial charge on any atom is -0.0664 e. The van der Waals surface area contributed by atoms with Crippen molar-refractivity contribution in [2.75, 3.05) is 0 Å².